The van der Waals surface area contributed by atoms with Crippen molar-refractivity contribution in [3.05, 3.63) is 82.2 Å². The summed E-state index contributed by atoms with van der Waals surface area (Å²) in [6, 6.07) is 10.1. The molecule has 18 heteroatoms. The second-order valence-corrected chi connectivity index (χ2v) is 16.7. The van der Waals surface area contributed by atoms with Crippen molar-refractivity contribution in [1.82, 2.24) is 19.7 Å². The summed E-state index contributed by atoms with van der Waals surface area (Å²) in [7, 11) is 4.67. The lowest BCUT2D eigenvalue weighted by Crippen LogP contribution is -2.35. The highest BCUT2D eigenvalue weighted by Crippen LogP contribution is 2.41. The number of benzene rings is 2. The van der Waals surface area contributed by atoms with E-state index in [4.69, 9.17) is 52.9 Å². The maximum atomic E-state index is 13.7. The minimum absolute atomic E-state index is 0.00413. The van der Waals surface area contributed by atoms with Crippen LogP contribution < -0.4 is 23.7 Å². The van der Waals surface area contributed by atoms with Crippen molar-refractivity contribution < 1.29 is 57.4 Å². The molecule has 2 amide bonds. The number of methoxy groups -OCH3 is 3. The maximum absolute atomic E-state index is 13.7. The normalized spacial score (nSPS) is 18.4. The van der Waals surface area contributed by atoms with Gasteiger partial charge in [0.1, 0.15) is 25.6 Å². The van der Waals surface area contributed by atoms with E-state index < -0.39 is 5.97 Å². The fourth-order valence-corrected chi connectivity index (χ4v) is 8.42. The Hall–Kier alpha value is -6.34. The van der Waals surface area contributed by atoms with Gasteiger partial charge in [-0.05, 0) is 51.8 Å². The molecule has 2 aromatic carbocycles. The third kappa shape index (κ3) is 12.6. The second-order valence-electron chi connectivity index (χ2n) is 16.7. The van der Waals surface area contributed by atoms with E-state index in [9.17, 15) is 19.5 Å². The molecule has 7 rings (SSSR count). The summed E-state index contributed by atoms with van der Waals surface area (Å²) in [4.78, 5) is 58.8. The molecule has 0 unspecified atom stereocenters. The van der Waals surface area contributed by atoms with Gasteiger partial charge in [0.25, 0.3) is 11.8 Å². The molecule has 68 heavy (non-hydrogen) atoms. The second kappa shape index (κ2) is 24.1. The lowest BCUT2D eigenvalue weighted by molar-refractivity contribution is -0.137. The first-order valence-corrected chi connectivity index (χ1v) is 23.0. The molecule has 0 aliphatic carbocycles. The van der Waals surface area contributed by atoms with Crippen molar-refractivity contribution in [2.45, 2.75) is 64.8 Å². The van der Waals surface area contributed by atoms with Gasteiger partial charge >= 0.3 is 5.97 Å². The summed E-state index contributed by atoms with van der Waals surface area (Å²) in [6.07, 6.45) is 9.73. The van der Waals surface area contributed by atoms with E-state index in [1.54, 1.807) is 43.5 Å². The minimum Gasteiger partial charge on any atom is -0.493 e. The highest BCUT2D eigenvalue weighted by Gasteiger charge is 2.36. The topological polar surface area (TPSA) is 193 Å². The van der Waals surface area contributed by atoms with Gasteiger partial charge in [0, 0.05) is 76.4 Å². The van der Waals surface area contributed by atoms with Crippen molar-refractivity contribution in [2.75, 3.05) is 93.7 Å². The molecule has 364 valence electrons. The van der Waals surface area contributed by atoms with E-state index >= 15 is 0 Å². The van der Waals surface area contributed by atoms with Crippen LogP contribution in [0.4, 0.5) is 11.4 Å². The Labute approximate surface area is 397 Å². The van der Waals surface area contributed by atoms with Crippen molar-refractivity contribution in [1.29, 1.82) is 0 Å². The number of fused-ring (bicyclic) bond motifs is 4. The number of aliphatic imine (C=N–C) groups is 2. The molecule has 4 aliphatic rings. The van der Waals surface area contributed by atoms with Crippen LogP contribution in [0.5, 0.6) is 28.7 Å². The van der Waals surface area contributed by atoms with Crippen LogP contribution in [0.3, 0.4) is 0 Å². The molecular weight excluding hydrogens is 877 g/mol. The Bertz CT molecular complexity index is 2270. The van der Waals surface area contributed by atoms with Gasteiger partial charge in [-0.2, -0.15) is 0 Å². The third-order valence-electron chi connectivity index (χ3n) is 12.2. The van der Waals surface area contributed by atoms with Gasteiger partial charge in [-0.15, -0.1) is 0 Å². The number of hydrogen-bond donors (Lipinski definition) is 1. The lowest BCUT2D eigenvalue weighted by Gasteiger charge is -2.22. The first-order chi connectivity index (χ1) is 33.1. The van der Waals surface area contributed by atoms with Crippen LogP contribution in [0.25, 0.3) is 0 Å². The molecule has 1 aromatic heterocycles. The first kappa shape index (κ1) is 49.6. The minimum atomic E-state index is -0.853. The highest BCUT2D eigenvalue weighted by atomic mass is 16.5. The number of carboxylic acid groups (broad SMARTS) is 1. The SMILES string of the molecule is CC=C1C[C@H]2C=Nc3cc(OCc4cc(OCCN(CCCC(=O)O)CCOCCOCCOC)cc(COc5cc6c(cc5OC)C(=O)N5CC(=CC)C[C@H]5C=N6)n4)c(OC)cc3C(=O)N2C1. The number of carbonyl (C=O) groups is 3. The van der Waals surface area contributed by atoms with Crippen molar-refractivity contribution in [3.63, 3.8) is 0 Å². The number of aromatic nitrogens is 1. The number of nitrogens with zero attached hydrogens (tertiary/aromatic N) is 6. The summed E-state index contributed by atoms with van der Waals surface area (Å²) in [5.41, 5.74) is 5.24. The van der Waals surface area contributed by atoms with Gasteiger partial charge in [-0.1, -0.05) is 23.3 Å². The number of hydrogen-bond acceptors (Lipinski definition) is 15. The number of rotatable bonds is 25. The van der Waals surface area contributed by atoms with Crippen LogP contribution in [0, 0.1) is 0 Å². The molecular formula is C50H62N6O12. The Morgan fingerprint density at radius 2 is 1.19 bits per heavy atom. The average Bonchev–Trinajstić information content (AvgIpc) is 3.91. The number of amides is 2. The van der Waals surface area contributed by atoms with Gasteiger partial charge < -0.3 is 52.8 Å². The van der Waals surface area contributed by atoms with Crippen LogP contribution in [-0.2, 0) is 32.2 Å². The standard InChI is InChI=1S/C50H62N6O12/c1-6-33-19-37-27-51-42-25-46(44(62-4)23-40(42)49(59)55(37)29-33)67-31-35-21-39(66-14-12-54(10-8-9-48(57)58)11-13-64-17-18-65-16-15-61-3)22-36(53-35)32-68-47-26-43-41(24-45(47)63-5)50(60)56-30-34(7-2)20-38(56)28-52-43/h6-7,21-28,37-38H,8-20,29-32H2,1-5H3,(H,57,58)/t37-,38-/m0/s1. The lowest BCUT2D eigenvalue weighted by atomic mass is 10.1. The number of aliphatic carboxylic acids is 1. The molecule has 2 atom stereocenters. The van der Waals surface area contributed by atoms with Crippen molar-refractivity contribution >= 4 is 41.6 Å². The fraction of sp³-hybridized carbons (Fsp3) is 0.480. The van der Waals surface area contributed by atoms with E-state index in [1.165, 1.54) is 25.4 Å². The van der Waals surface area contributed by atoms with Crippen molar-refractivity contribution in [3.8, 4) is 28.7 Å². The summed E-state index contributed by atoms with van der Waals surface area (Å²) in [5, 5.41) is 9.29. The number of ether oxygens (including phenoxy) is 8. The summed E-state index contributed by atoms with van der Waals surface area (Å²) < 4.78 is 46.9. The quantitative estimate of drug-likeness (QED) is 0.0742. The van der Waals surface area contributed by atoms with Crippen molar-refractivity contribution in [2.24, 2.45) is 9.98 Å². The molecule has 3 aromatic rings. The van der Waals surface area contributed by atoms with Gasteiger partial charge in [-0.3, -0.25) is 34.3 Å². The van der Waals surface area contributed by atoms with Crippen LogP contribution in [0.1, 0.15) is 71.6 Å². The number of allylic oxidation sites excluding steroid dienone is 2. The maximum Gasteiger partial charge on any atom is 0.303 e. The molecule has 0 bridgehead atoms. The molecule has 0 spiro atoms. The Morgan fingerprint density at radius 1 is 0.676 bits per heavy atom. The molecule has 1 N–H and O–H groups in total. The fourth-order valence-electron chi connectivity index (χ4n) is 8.42. The van der Waals surface area contributed by atoms with E-state index in [0.29, 0.717) is 135 Å². The average molecular weight is 939 g/mol. The van der Waals surface area contributed by atoms with E-state index in [2.05, 4.69) is 4.90 Å². The summed E-state index contributed by atoms with van der Waals surface area (Å²) in [6.45, 7) is 9.23. The van der Waals surface area contributed by atoms with Crippen LogP contribution in [0.2, 0.25) is 0 Å². The summed E-state index contributed by atoms with van der Waals surface area (Å²) in [5.74, 6) is 0.913. The van der Waals surface area contributed by atoms with Gasteiger partial charge in [0.2, 0.25) is 0 Å². The Balaban J connectivity index is 1.09. The summed E-state index contributed by atoms with van der Waals surface area (Å²) >= 11 is 0. The molecule has 18 nitrogen and oxygen atoms in total. The molecule has 0 saturated carbocycles. The van der Waals surface area contributed by atoms with Gasteiger partial charge in [-0.25, -0.2) is 0 Å². The van der Waals surface area contributed by atoms with E-state index in [1.807, 2.05) is 48.2 Å². The zero-order valence-electron chi connectivity index (χ0n) is 39.6. The van der Waals surface area contributed by atoms with Gasteiger partial charge in [0.05, 0.1) is 93.2 Å². The Morgan fingerprint density at radius 3 is 1.69 bits per heavy atom. The molecule has 4 aliphatic heterocycles. The third-order valence-corrected chi connectivity index (χ3v) is 12.2. The highest BCUT2D eigenvalue weighted by molar-refractivity contribution is 6.04. The van der Waals surface area contributed by atoms with E-state index in [0.717, 1.165) is 12.8 Å². The zero-order chi connectivity index (χ0) is 48.0. The predicted molar refractivity (Wildman–Crippen MR) is 254 cm³/mol. The molecule has 0 radical (unpaired) electrons. The van der Waals surface area contributed by atoms with Gasteiger partial charge in [0.15, 0.2) is 23.0 Å². The monoisotopic (exact) mass is 938 g/mol. The van der Waals surface area contributed by atoms with Crippen LogP contribution in [0.15, 0.2) is 69.7 Å². The zero-order valence-corrected chi connectivity index (χ0v) is 39.6. The van der Waals surface area contributed by atoms with Crippen LogP contribution >= 0.6 is 0 Å². The predicted octanol–water partition coefficient (Wildman–Crippen LogP) is 6.24. The van der Waals surface area contributed by atoms with E-state index in [-0.39, 0.29) is 50.1 Å². The number of carboxylic acids is 1. The smallest absolute Gasteiger partial charge is 0.303 e. The molecule has 5 heterocycles. The molecule has 2 fully saturated rings. The Kier molecular flexibility index (Phi) is 17.6. The van der Waals surface area contributed by atoms with Crippen LogP contribution in [-0.4, -0.2) is 161 Å². The number of pyridine rings is 1. The number of carbonyl (C=O) groups excluding carboxylic acids is 2. The largest absolute Gasteiger partial charge is 0.493 e. The molecule has 2 saturated heterocycles. The first-order valence-electron chi connectivity index (χ1n) is 23.0.